The van der Waals surface area contributed by atoms with Crippen molar-refractivity contribution in [2.45, 2.75) is 33.2 Å². The fourth-order valence-corrected chi connectivity index (χ4v) is 2.73. The van der Waals surface area contributed by atoms with Crippen molar-refractivity contribution in [3.63, 3.8) is 0 Å². The summed E-state index contributed by atoms with van der Waals surface area (Å²) in [5.41, 5.74) is 6.45. The lowest BCUT2D eigenvalue weighted by Gasteiger charge is -2.21. The van der Waals surface area contributed by atoms with Gasteiger partial charge in [0.1, 0.15) is 5.75 Å². The molecule has 1 atom stereocenters. The summed E-state index contributed by atoms with van der Waals surface area (Å²) in [5.74, 6) is 0.960. The van der Waals surface area contributed by atoms with E-state index in [0.717, 1.165) is 12.2 Å². The van der Waals surface area contributed by atoms with Crippen LogP contribution in [0.2, 0.25) is 0 Å². The number of ether oxygens (including phenoxy) is 1. The quantitative estimate of drug-likeness (QED) is 0.891. The number of rotatable bonds is 5. The van der Waals surface area contributed by atoms with E-state index in [1.54, 1.807) is 7.11 Å². The third kappa shape index (κ3) is 3.64. The summed E-state index contributed by atoms with van der Waals surface area (Å²) < 4.78 is 5.41. The van der Waals surface area contributed by atoms with Gasteiger partial charge in [0.15, 0.2) is 0 Å². The number of hydrogen-bond acceptors (Lipinski definition) is 2. The van der Waals surface area contributed by atoms with Crippen molar-refractivity contribution < 1.29 is 4.74 Å². The van der Waals surface area contributed by atoms with Gasteiger partial charge in [0, 0.05) is 6.04 Å². The van der Waals surface area contributed by atoms with Crippen LogP contribution in [0.5, 0.6) is 5.75 Å². The highest BCUT2D eigenvalue weighted by atomic mass is 16.5. The second kappa shape index (κ2) is 6.77. The van der Waals surface area contributed by atoms with Gasteiger partial charge in [-0.05, 0) is 62.6 Å². The first-order valence-electron chi connectivity index (χ1n) is 7.43. The molecule has 2 heteroatoms. The van der Waals surface area contributed by atoms with Gasteiger partial charge < -0.3 is 10.1 Å². The summed E-state index contributed by atoms with van der Waals surface area (Å²) in [7, 11) is 3.75. The molecule has 2 aromatic rings. The summed E-state index contributed by atoms with van der Waals surface area (Å²) in [5, 5.41) is 3.45. The molecule has 0 heterocycles. The van der Waals surface area contributed by atoms with Crippen molar-refractivity contribution >= 4 is 0 Å². The molecule has 0 saturated heterocycles. The van der Waals surface area contributed by atoms with Crippen molar-refractivity contribution in [3.8, 4) is 5.75 Å². The van der Waals surface area contributed by atoms with Gasteiger partial charge in [0.25, 0.3) is 0 Å². The Morgan fingerprint density at radius 3 is 2.24 bits per heavy atom. The minimum Gasteiger partial charge on any atom is -0.496 e. The average molecular weight is 283 g/mol. The Morgan fingerprint density at radius 1 is 1.00 bits per heavy atom. The average Bonchev–Trinajstić information content (AvgIpc) is 2.49. The second-order valence-electron chi connectivity index (χ2n) is 5.71. The molecule has 2 rings (SSSR count). The van der Waals surface area contributed by atoms with Crippen LogP contribution >= 0.6 is 0 Å². The third-order valence-electron chi connectivity index (χ3n) is 4.07. The van der Waals surface area contributed by atoms with E-state index < -0.39 is 0 Å². The smallest absolute Gasteiger partial charge is 0.122 e. The molecule has 1 N–H and O–H groups in total. The standard InChI is InChI=1S/C19H25NO/c1-13-6-8-16(9-7-13)12-18(20-4)17-10-15(3)19(21-5)11-14(17)2/h6-11,18,20H,12H2,1-5H3. The number of aryl methyl sites for hydroxylation is 3. The van der Waals surface area contributed by atoms with Crippen LogP contribution in [-0.4, -0.2) is 14.2 Å². The summed E-state index contributed by atoms with van der Waals surface area (Å²) in [6.07, 6.45) is 0.989. The van der Waals surface area contributed by atoms with Crippen LogP contribution in [0.4, 0.5) is 0 Å². The Balaban J connectivity index is 2.29. The largest absolute Gasteiger partial charge is 0.496 e. The normalized spacial score (nSPS) is 12.2. The SMILES string of the molecule is CNC(Cc1ccc(C)cc1)c1cc(C)c(OC)cc1C. The fraction of sp³-hybridized carbons (Fsp3) is 0.368. The molecule has 0 spiro atoms. The first-order valence-corrected chi connectivity index (χ1v) is 7.43. The van der Waals surface area contributed by atoms with Gasteiger partial charge in [-0.3, -0.25) is 0 Å². The summed E-state index contributed by atoms with van der Waals surface area (Å²) in [4.78, 5) is 0. The third-order valence-corrected chi connectivity index (χ3v) is 4.07. The first-order chi connectivity index (χ1) is 10.0. The fourth-order valence-electron chi connectivity index (χ4n) is 2.73. The lowest BCUT2D eigenvalue weighted by Crippen LogP contribution is -2.20. The molecule has 0 saturated carbocycles. The molecule has 0 fully saturated rings. The molecular weight excluding hydrogens is 258 g/mol. The van der Waals surface area contributed by atoms with Crippen LogP contribution in [0.15, 0.2) is 36.4 Å². The van der Waals surface area contributed by atoms with E-state index in [2.05, 4.69) is 62.5 Å². The van der Waals surface area contributed by atoms with Crippen molar-refractivity contribution in [1.82, 2.24) is 5.32 Å². The van der Waals surface area contributed by atoms with Crippen LogP contribution in [0.3, 0.4) is 0 Å². The van der Waals surface area contributed by atoms with Crippen LogP contribution in [-0.2, 0) is 6.42 Å². The maximum Gasteiger partial charge on any atom is 0.122 e. The molecule has 2 nitrogen and oxygen atoms in total. The van der Waals surface area contributed by atoms with Crippen LogP contribution in [0.1, 0.15) is 33.9 Å². The van der Waals surface area contributed by atoms with Gasteiger partial charge in [-0.2, -0.15) is 0 Å². The first kappa shape index (κ1) is 15.6. The topological polar surface area (TPSA) is 21.3 Å². The predicted molar refractivity (Wildman–Crippen MR) is 89.2 cm³/mol. The number of nitrogens with one attached hydrogen (secondary N) is 1. The Kier molecular flexibility index (Phi) is 5.03. The van der Waals surface area contributed by atoms with Gasteiger partial charge in [-0.25, -0.2) is 0 Å². The number of methoxy groups -OCH3 is 1. The highest BCUT2D eigenvalue weighted by Crippen LogP contribution is 2.28. The Morgan fingerprint density at radius 2 is 1.67 bits per heavy atom. The van der Waals surface area contributed by atoms with E-state index in [1.807, 2.05) is 7.05 Å². The molecule has 2 aromatic carbocycles. The molecule has 21 heavy (non-hydrogen) atoms. The highest BCUT2D eigenvalue weighted by Gasteiger charge is 2.14. The molecule has 0 radical (unpaired) electrons. The molecular formula is C19H25NO. The highest BCUT2D eigenvalue weighted by molar-refractivity contribution is 5.43. The lowest BCUT2D eigenvalue weighted by molar-refractivity contribution is 0.410. The lowest BCUT2D eigenvalue weighted by atomic mass is 9.93. The van der Waals surface area contributed by atoms with E-state index in [1.165, 1.54) is 27.8 Å². The molecule has 0 aliphatic heterocycles. The maximum absolute atomic E-state index is 5.41. The second-order valence-corrected chi connectivity index (χ2v) is 5.71. The Hall–Kier alpha value is -1.80. The molecule has 0 amide bonds. The van der Waals surface area contributed by atoms with E-state index in [-0.39, 0.29) is 0 Å². The van der Waals surface area contributed by atoms with Crippen molar-refractivity contribution in [2.24, 2.45) is 0 Å². The zero-order valence-corrected chi connectivity index (χ0v) is 13.7. The van der Waals surface area contributed by atoms with Crippen LogP contribution in [0.25, 0.3) is 0 Å². The van der Waals surface area contributed by atoms with Crippen LogP contribution in [0, 0.1) is 20.8 Å². The van der Waals surface area contributed by atoms with Crippen LogP contribution < -0.4 is 10.1 Å². The summed E-state index contributed by atoms with van der Waals surface area (Å²) in [6.45, 7) is 6.37. The van der Waals surface area contributed by atoms with Crippen molar-refractivity contribution in [2.75, 3.05) is 14.2 Å². The summed E-state index contributed by atoms with van der Waals surface area (Å²) in [6, 6.07) is 13.5. The van der Waals surface area contributed by atoms with Crippen molar-refractivity contribution in [1.29, 1.82) is 0 Å². The Labute approximate surface area is 128 Å². The predicted octanol–water partition coefficient (Wildman–Crippen LogP) is 4.12. The zero-order chi connectivity index (χ0) is 15.4. The molecule has 1 unspecified atom stereocenters. The minimum absolute atomic E-state index is 0.317. The molecule has 0 aromatic heterocycles. The van der Waals surface area contributed by atoms with Gasteiger partial charge in [-0.15, -0.1) is 0 Å². The molecule has 112 valence electrons. The van der Waals surface area contributed by atoms with Gasteiger partial charge >= 0.3 is 0 Å². The van der Waals surface area contributed by atoms with E-state index in [9.17, 15) is 0 Å². The Bertz CT molecular complexity index is 602. The number of likely N-dealkylation sites (N-methyl/N-ethyl adjacent to an activating group) is 1. The molecule has 0 bridgehead atoms. The van der Waals surface area contributed by atoms with Gasteiger partial charge in [-0.1, -0.05) is 35.9 Å². The zero-order valence-electron chi connectivity index (χ0n) is 13.7. The number of benzene rings is 2. The number of hydrogen-bond donors (Lipinski definition) is 1. The van der Waals surface area contributed by atoms with Gasteiger partial charge in [0.05, 0.1) is 7.11 Å². The summed E-state index contributed by atoms with van der Waals surface area (Å²) >= 11 is 0. The van der Waals surface area contributed by atoms with Gasteiger partial charge in [0.2, 0.25) is 0 Å². The van der Waals surface area contributed by atoms with E-state index >= 15 is 0 Å². The van der Waals surface area contributed by atoms with E-state index in [0.29, 0.717) is 6.04 Å². The monoisotopic (exact) mass is 283 g/mol. The molecule has 0 aliphatic rings. The van der Waals surface area contributed by atoms with E-state index in [4.69, 9.17) is 4.74 Å². The molecule has 0 aliphatic carbocycles. The maximum atomic E-state index is 5.41. The minimum atomic E-state index is 0.317. The van der Waals surface area contributed by atoms with Crippen molar-refractivity contribution in [3.05, 3.63) is 64.2 Å².